The maximum atomic E-state index is 13.6. The van der Waals surface area contributed by atoms with Crippen molar-refractivity contribution in [3.05, 3.63) is 29.8 Å². The molecule has 20 heteroatoms. The third-order valence-electron chi connectivity index (χ3n) is 7.79. The van der Waals surface area contributed by atoms with Gasteiger partial charge in [0.15, 0.2) is 5.96 Å². The second kappa shape index (κ2) is 22.4. The number of benzene rings is 1. The number of hydrogen-bond donors (Lipinski definition) is 12. The van der Waals surface area contributed by atoms with Crippen molar-refractivity contribution in [2.24, 2.45) is 34.0 Å². The van der Waals surface area contributed by atoms with Crippen molar-refractivity contribution in [3.63, 3.8) is 0 Å². The first-order valence-corrected chi connectivity index (χ1v) is 17.0. The number of phenols is 1. The minimum atomic E-state index is -1.30. The van der Waals surface area contributed by atoms with Gasteiger partial charge < -0.3 is 64.4 Å². The summed E-state index contributed by atoms with van der Waals surface area (Å²) in [7, 11) is 0. The lowest BCUT2D eigenvalue weighted by Gasteiger charge is -2.29. The van der Waals surface area contributed by atoms with E-state index in [4.69, 9.17) is 17.2 Å². The van der Waals surface area contributed by atoms with Crippen LogP contribution in [0.2, 0.25) is 0 Å². The molecular weight excluding hydrogens is 696 g/mol. The van der Waals surface area contributed by atoms with E-state index in [0.29, 0.717) is 5.56 Å². The highest BCUT2D eigenvalue weighted by Gasteiger charge is 2.33. The highest BCUT2D eigenvalue weighted by molar-refractivity contribution is 5.96. The summed E-state index contributed by atoms with van der Waals surface area (Å²) >= 11 is 0. The second-order valence-electron chi connectivity index (χ2n) is 13.0. The number of nitrogens with two attached hydrogens (primary N) is 3. The Bertz CT molecular complexity index is 1450. The van der Waals surface area contributed by atoms with Crippen LogP contribution < -0.4 is 49.1 Å². The van der Waals surface area contributed by atoms with Crippen molar-refractivity contribution in [1.82, 2.24) is 31.9 Å². The number of guanidine groups is 1. The molecule has 20 nitrogen and oxygen atoms in total. The van der Waals surface area contributed by atoms with Crippen LogP contribution in [0.5, 0.6) is 5.75 Å². The number of aliphatic imine (C=N–C) groups is 1. The van der Waals surface area contributed by atoms with Gasteiger partial charge in [0.1, 0.15) is 42.0 Å². The molecule has 0 saturated heterocycles. The molecule has 6 amide bonds. The summed E-state index contributed by atoms with van der Waals surface area (Å²) < 4.78 is 0. The molecule has 296 valence electrons. The molecule has 53 heavy (non-hydrogen) atoms. The first-order valence-electron chi connectivity index (χ1n) is 17.0. The Labute approximate surface area is 307 Å². The van der Waals surface area contributed by atoms with E-state index in [0.717, 1.165) is 0 Å². The quantitative estimate of drug-likeness (QED) is 0.0308. The molecule has 0 fully saturated rings. The third-order valence-corrected chi connectivity index (χ3v) is 7.79. The summed E-state index contributed by atoms with van der Waals surface area (Å²) in [6.07, 6.45) is 0.171. The monoisotopic (exact) mass is 750 g/mol. The van der Waals surface area contributed by atoms with Crippen molar-refractivity contribution in [2.75, 3.05) is 19.7 Å². The van der Waals surface area contributed by atoms with Gasteiger partial charge in [0, 0.05) is 13.0 Å². The summed E-state index contributed by atoms with van der Waals surface area (Å²) in [4.78, 5) is 93.2. The summed E-state index contributed by atoms with van der Waals surface area (Å²) in [5.74, 6) is -7.07. The van der Waals surface area contributed by atoms with Crippen molar-refractivity contribution in [1.29, 1.82) is 0 Å². The van der Waals surface area contributed by atoms with Crippen LogP contribution in [0.15, 0.2) is 29.3 Å². The molecule has 0 aliphatic rings. The molecule has 1 rings (SSSR count). The minimum absolute atomic E-state index is 0.0122. The maximum Gasteiger partial charge on any atom is 0.326 e. The van der Waals surface area contributed by atoms with Gasteiger partial charge >= 0.3 is 5.97 Å². The Morgan fingerprint density at radius 2 is 1.26 bits per heavy atom. The fraction of sp³-hybridized carbons (Fsp3) is 0.576. The highest BCUT2D eigenvalue weighted by atomic mass is 16.4. The predicted molar refractivity (Wildman–Crippen MR) is 192 cm³/mol. The van der Waals surface area contributed by atoms with Crippen LogP contribution in [0.4, 0.5) is 0 Å². The van der Waals surface area contributed by atoms with Gasteiger partial charge in [0.05, 0.1) is 13.2 Å². The maximum absolute atomic E-state index is 13.6. The standard InChI is InChI=1S/C33H54N10O10/c1-16(2)25(43-31(51)26(17(3)4)42-28(48)21(34)15-44)30(50)41-23(13-19-8-10-20(45)11-9-19)29(49)38-14-24(46)39-18(5)27(47)40-22(32(52)53)7-6-12-37-33(35)36/h8-11,16-18,21-23,25-26,44-45H,6-7,12-15,34H2,1-5H3,(H,38,49)(H,39,46)(H,40,47)(H,41,50)(H,42,48)(H,43,51)(H,52,53)(H4,35,36,37)/t18-,21-,22-,23-,25-,26-/m0/s1. The molecule has 15 N–H and O–H groups in total. The molecule has 0 radical (unpaired) electrons. The molecule has 0 aliphatic carbocycles. The number of rotatable bonds is 22. The number of nitrogens with zero attached hydrogens (tertiary/aromatic N) is 1. The Balaban J connectivity index is 3.03. The van der Waals surface area contributed by atoms with Crippen molar-refractivity contribution in [3.8, 4) is 5.75 Å². The number of aromatic hydroxyl groups is 1. The smallest absolute Gasteiger partial charge is 0.326 e. The first-order chi connectivity index (χ1) is 24.8. The minimum Gasteiger partial charge on any atom is -0.508 e. The number of carboxylic acid groups (broad SMARTS) is 1. The van der Waals surface area contributed by atoms with Crippen molar-refractivity contribution < 1.29 is 48.9 Å². The van der Waals surface area contributed by atoms with Gasteiger partial charge in [0.25, 0.3) is 0 Å². The Morgan fingerprint density at radius 1 is 0.736 bits per heavy atom. The Hall–Kier alpha value is -5.50. The topological polar surface area (TPSA) is 343 Å². The second-order valence-corrected chi connectivity index (χ2v) is 13.0. The van der Waals surface area contributed by atoms with Crippen LogP contribution in [0.3, 0.4) is 0 Å². The zero-order valence-corrected chi connectivity index (χ0v) is 30.5. The van der Waals surface area contributed by atoms with Gasteiger partial charge in [-0.25, -0.2) is 4.79 Å². The summed E-state index contributed by atoms with van der Waals surface area (Å²) in [6, 6.07) is -1.53. The lowest BCUT2D eigenvalue weighted by atomic mass is 9.98. The van der Waals surface area contributed by atoms with Crippen LogP contribution in [-0.2, 0) is 40.0 Å². The predicted octanol–water partition coefficient (Wildman–Crippen LogP) is -3.74. The number of hydrogen-bond acceptors (Lipinski definition) is 11. The molecule has 0 saturated carbocycles. The van der Waals surface area contributed by atoms with Crippen LogP contribution in [0.25, 0.3) is 0 Å². The summed E-state index contributed by atoms with van der Waals surface area (Å²) in [5.41, 5.74) is 16.6. The SMILES string of the molecule is CC(C)[C@H](NC(=O)[C@@H](NC(=O)[C@@H](N)CO)C(C)C)C(=O)N[C@@H](Cc1ccc(O)cc1)C(=O)NCC(=O)N[C@@H](C)C(=O)N[C@@H](CCCN=C(N)N)C(=O)O. The van der Waals surface area contributed by atoms with Crippen molar-refractivity contribution >= 4 is 47.4 Å². The van der Waals surface area contributed by atoms with E-state index in [1.807, 2.05) is 0 Å². The van der Waals surface area contributed by atoms with E-state index < -0.39 is 103 Å². The van der Waals surface area contributed by atoms with Gasteiger partial charge in [-0.2, -0.15) is 0 Å². The number of aliphatic hydroxyl groups is 1. The van der Waals surface area contributed by atoms with Gasteiger partial charge in [0.2, 0.25) is 35.4 Å². The molecule has 0 bridgehead atoms. The number of carbonyl (C=O) groups excluding carboxylic acids is 6. The first kappa shape index (κ1) is 45.5. The third kappa shape index (κ3) is 16.6. The molecule has 0 spiro atoms. The number of nitrogens with one attached hydrogen (secondary N) is 6. The highest BCUT2D eigenvalue weighted by Crippen LogP contribution is 2.13. The van der Waals surface area contributed by atoms with E-state index in [2.05, 4.69) is 36.9 Å². The van der Waals surface area contributed by atoms with Crippen LogP contribution in [0.1, 0.15) is 53.0 Å². The Kier molecular flexibility index (Phi) is 19.3. The van der Waals surface area contributed by atoms with Crippen LogP contribution in [0, 0.1) is 11.8 Å². The Morgan fingerprint density at radius 3 is 1.77 bits per heavy atom. The molecule has 0 aromatic heterocycles. The summed E-state index contributed by atoms with van der Waals surface area (Å²) in [5, 5.41) is 43.1. The molecule has 1 aromatic carbocycles. The normalized spacial score (nSPS) is 14.4. The van der Waals surface area contributed by atoms with Gasteiger partial charge in [-0.1, -0.05) is 39.8 Å². The van der Waals surface area contributed by atoms with Gasteiger partial charge in [-0.05, 0) is 49.3 Å². The molecule has 0 heterocycles. The summed E-state index contributed by atoms with van der Waals surface area (Å²) in [6.45, 7) is 6.81. The van der Waals surface area contributed by atoms with Crippen LogP contribution in [-0.4, -0.2) is 119 Å². The molecule has 0 unspecified atom stereocenters. The average Bonchev–Trinajstić information content (AvgIpc) is 3.08. The number of carbonyl (C=O) groups is 7. The number of phenolic OH excluding ortho intramolecular Hbond substituents is 1. The fourth-order valence-electron chi connectivity index (χ4n) is 4.70. The van der Waals surface area contributed by atoms with E-state index in [-0.39, 0.29) is 37.5 Å². The lowest BCUT2D eigenvalue weighted by Crippen LogP contribution is -2.60. The average molecular weight is 751 g/mol. The molecule has 1 aromatic rings. The molecule has 6 atom stereocenters. The lowest BCUT2D eigenvalue weighted by molar-refractivity contribution is -0.142. The van der Waals surface area contributed by atoms with Crippen LogP contribution >= 0.6 is 0 Å². The zero-order chi connectivity index (χ0) is 40.4. The van der Waals surface area contributed by atoms with Gasteiger partial charge in [-0.3, -0.25) is 33.8 Å². The number of aliphatic carboxylic acids is 1. The van der Waals surface area contributed by atoms with E-state index in [9.17, 15) is 48.9 Å². The van der Waals surface area contributed by atoms with E-state index >= 15 is 0 Å². The van der Waals surface area contributed by atoms with Gasteiger partial charge in [-0.15, -0.1) is 0 Å². The van der Waals surface area contributed by atoms with E-state index in [1.165, 1.54) is 31.2 Å². The largest absolute Gasteiger partial charge is 0.508 e. The molecular formula is C33H54N10O10. The van der Waals surface area contributed by atoms with Crippen molar-refractivity contribution in [2.45, 2.75) is 90.1 Å². The van der Waals surface area contributed by atoms with E-state index in [1.54, 1.807) is 27.7 Å². The number of aliphatic hydroxyl groups excluding tert-OH is 1. The molecule has 0 aliphatic heterocycles. The zero-order valence-electron chi connectivity index (χ0n) is 30.5. The fourth-order valence-corrected chi connectivity index (χ4v) is 4.70. The number of amides is 6. The number of carboxylic acids is 1.